The van der Waals surface area contributed by atoms with Crippen molar-refractivity contribution in [3.05, 3.63) is 53.4 Å². The van der Waals surface area contributed by atoms with Crippen LogP contribution in [0.4, 0.5) is 10.5 Å². The lowest BCUT2D eigenvalue weighted by Gasteiger charge is -2.23. The number of carbonyl (C=O) groups excluding carboxylic acids is 1. The van der Waals surface area contributed by atoms with Crippen LogP contribution in [0.1, 0.15) is 24.8 Å². The molecule has 2 heterocycles. The summed E-state index contributed by atoms with van der Waals surface area (Å²) in [6, 6.07) is 11.9. The van der Waals surface area contributed by atoms with Crippen LogP contribution >= 0.6 is 11.6 Å². The zero-order chi connectivity index (χ0) is 21.1. The molecule has 0 spiro atoms. The third-order valence-electron chi connectivity index (χ3n) is 4.97. The molecule has 3 aromatic rings. The highest BCUT2D eigenvalue weighted by atomic mass is 35.5. The van der Waals surface area contributed by atoms with Gasteiger partial charge in [0.25, 0.3) is 0 Å². The number of amides is 2. The molecule has 1 aliphatic rings. The summed E-state index contributed by atoms with van der Waals surface area (Å²) in [5.41, 5.74) is 1.31. The minimum Gasteiger partial charge on any atom is -0.497 e. The Bertz CT molecular complexity index is 1050. The largest absolute Gasteiger partial charge is 0.497 e. The van der Waals surface area contributed by atoms with Crippen LogP contribution in [0.25, 0.3) is 11.4 Å². The van der Waals surface area contributed by atoms with Crippen molar-refractivity contribution in [2.24, 2.45) is 0 Å². The number of anilines is 1. The van der Waals surface area contributed by atoms with E-state index in [-0.39, 0.29) is 12.1 Å². The average molecular weight is 429 g/mol. The molecular formula is C21H21ClN4O4. The lowest BCUT2D eigenvalue weighted by atomic mass is 10.2. The van der Waals surface area contributed by atoms with Crippen LogP contribution in [-0.2, 0) is 0 Å². The summed E-state index contributed by atoms with van der Waals surface area (Å²) in [7, 11) is 3.11. The molecule has 0 unspecified atom stereocenters. The Hall–Kier alpha value is -3.26. The Kier molecular flexibility index (Phi) is 5.76. The highest BCUT2D eigenvalue weighted by Gasteiger charge is 2.34. The van der Waals surface area contributed by atoms with Gasteiger partial charge in [-0.25, -0.2) is 4.79 Å². The number of rotatable bonds is 5. The monoisotopic (exact) mass is 428 g/mol. The van der Waals surface area contributed by atoms with Crippen molar-refractivity contribution < 1.29 is 18.8 Å². The van der Waals surface area contributed by atoms with Gasteiger partial charge in [0.15, 0.2) is 0 Å². The maximum Gasteiger partial charge on any atom is 0.322 e. The van der Waals surface area contributed by atoms with E-state index in [4.69, 9.17) is 25.6 Å². The fraction of sp³-hybridized carbons (Fsp3) is 0.286. The van der Waals surface area contributed by atoms with E-state index in [0.29, 0.717) is 40.5 Å². The summed E-state index contributed by atoms with van der Waals surface area (Å²) in [5.74, 6) is 2.00. The zero-order valence-corrected chi connectivity index (χ0v) is 17.3. The number of aromatic nitrogens is 2. The lowest BCUT2D eigenvalue weighted by Crippen LogP contribution is -2.34. The summed E-state index contributed by atoms with van der Waals surface area (Å²) in [6.07, 6.45) is 1.58. The summed E-state index contributed by atoms with van der Waals surface area (Å²) < 4.78 is 16.0. The number of hydrogen-bond donors (Lipinski definition) is 1. The molecule has 1 saturated heterocycles. The van der Waals surface area contributed by atoms with Gasteiger partial charge in [0, 0.05) is 23.2 Å². The number of nitrogens with one attached hydrogen (secondary N) is 1. The van der Waals surface area contributed by atoms with Gasteiger partial charge in [-0.3, -0.25) is 0 Å². The Labute approximate surface area is 178 Å². The number of carbonyl (C=O) groups is 1. The molecule has 2 aromatic carbocycles. The fourth-order valence-corrected chi connectivity index (χ4v) is 3.66. The average Bonchev–Trinajstić information content (AvgIpc) is 3.43. The highest BCUT2D eigenvalue weighted by Crippen LogP contribution is 2.34. The Morgan fingerprint density at radius 3 is 2.87 bits per heavy atom. The number of nitrogens with zero attached hydrogens (tertiary/aromatic N) is 3. The molecule has 0 saturated carbocycles. The number of ether oxygens (including phenoxy) is 2. The van der Waals surface area contributed by atoms with Crippen molar-refractivity contribution in [2.45, 2.75) is 18.9 Å². The third-order valence-corrected chi connectivity index (χ3v) is 5.21. The van der Waals surface area contributed by atoms with Gasteiger partial charge in [-0.15, -0.1) is 0 Å². The Balaban J connectivity index is 1.52. The van der Waals surface area contributed by atoms with Crippen LogP contribution < -0.4 is 14.8 Å². The van der Waals surface area contributed by atoms with Crippen LogP contribution in [0.2, 0.25) is 5.02 Å². The molecule has 9 heteroatoms. The van der Waals surface area contributed by atoms with E-state index in [1.54, 1.807) is 49.5 Å². The van der Waals surface area contributed by atoms with E-state index in [1.165, 1.54) is 0 Å². The van der Waals surface area contributed by atoms with Crippen molar-refractivity contribution in [1.29, 1.82) is 0 Å². The first-order valence-electron chi connectivity index (χ1n) is 9.48. The summed E-state index contributed by atoms with van der Waals surface area (Å²) in [5, 5.41) is 7.55. The molecular weight excluding hydrogens is 408 g/mol. The van der Waals surface area contributed by atoms with Gasteiger partial charge in [0.1, 0.15) is 17.5 Å². The van der Waals surface area contributed by atoms with Gasteiger partial charge in [-0.2, -0.15) is 4.98 Å². The summed E-state index contributed by atoms with van der Waals surface area (Å²) in [4.78, 5) is 19.2. The molecule has 1 fully saturated rings. The molecule has 2 amide bonds. The van der Waals surface area contributed by atoms with Crippen molar-refractivity contribution in [2.75, 3.05) is 26.1 Å². The molecule has 30 heavy (non-hydrogen) atoms. The van der Waals surface area contributed by atoms with Crippen LogP contribution in [0, 0.1) is 0 Å². The van der Waals surface area contributed by atoms with Gasteiger partial charge in [0.05, 0.1) is 19.9 Å². The molecule has 1 atom stereocenters. The second-order valence-corrected chi connectivity index (χ2v) is 7.25. The number of methoxy groups -OCH3 is 2. The first kappa shape index (κ1) is 20.0. The second kappa shape index (κ2) is 8.62. The van der Waals surface area contributed by atoms with Crippen molar-refractivity contribution in [3.63, 3.8) is 0 Å². The maximum absolute atomic E-state index is 13.0. The third kappa shape index (κ3) is 4.04. The fourth-order valence-electron chi connectivity index (χ4n) is 3.47. The number of hydrogen-bond acceptors (Lipinski definition) is 6. The van der Waals surface area contributed by atoms with Gasteiger partial charge in [0.2, 0.25) is 11.7 Å². The van der Waals surface area contributed by atoms with E-state index in [1.807, 2.05) is 12.1 Å². The molecule has 1 aromatic heterocycles. The molecule has 4 rings (SSSR count). The van der Waals surface area contributed by atoms with Crippen molar-refractivity contribution in [3.8, 4) is 22.9 Å². The van der Waals surface area contributed by atoms with E-state index in [0.717, 1.165) is 18.4 Å². The van der Waals surface area contributed by atoms with Gasteiger partial charge >= 0.3 is 6.03 Å². The standard InChI is InChI=1S/C21H21ClN4O4/c1-28-15-8-9-16(18(12-15)29-2)23-21(27)26-10-4-7-17(26)20-24-19(25-30-20)13-5-3-6-14(22)11-13/h3,5-6,8-9,11-12,17H,4,7,10H2,1-2H3,(H,23,27)/t17-/m0/s1. The number of urea groups is 1. The first-order chi connectivity index (χ1) is 14.6. The predicted molar refractivity (Wildman–Crippen MR) is 112 cm³/mol. The van der Waals surface area contributed by atoms with E-state index in [2.05, 4.69) is 15.5 Å². The first-order valence-corrected chi connectivity index (χ1v) is 9.86. The van der Waals surface area contributed by atoms with E-state index < -0.39 is 0 Å². The van der Waals surface area contributed by atoms with Crippen LogP contribution in [-0.4, -0.2) is 41.8 Å². The molecule has 8 nitrogen and oxygen atoms in total. The predicted octanol–water partition coefficient (Wildman–Crippen LogP) is 4.78. The van der Waals surface area contributed by atoms with Crippen molar-refractivity contribution >= 4 is 23.3 Å². The van der Waals surface area contributed by atoms with Crippen LogP contribution in [0.15, 0.2) is 47.0 Å². The lowest BCUT2D eigenvalue weighted by molar-refractivity contribution is 0.193. The normalized spacial score (nSPS) is 15.8. The van der Waals surface area contributed by atoms with Gasteiger partial charge in [-0.05, 0) is 37.1 Å². The quantitative estimate of drug-likeness (QED) is 0.629. The topological polar surface area (TPSA) is 89.7 Å². The van der Waals surface area contributed by atoms with Crippen LogP contribution in [0.5, 0.6) is 11.5 Å². The Morgan fingerprint density at radius 2 is 2.10 bits per heavy atom. The van der Waals surface area contributed by atoms with E-state index >= 15 is 0 Å². The SMILES string of the molecule is COc1ccc(NC(=O)N2CCC[C@H]2c2nc(-c3cccc(Cl)c3)no2)c(OC)c1. The Morgan fingerprint density at radius 1 is 1.23 bits per heavy atom. The minimum atomic E-state index is -0.297. The zero-order valence-electron chi connectivity index (χ0n) is 16.6. The molecule has 1 N–H and O–H groups in total. The molecule has 0 radical (unpaired) electrons. The van der Waals surface area contributed by atoms with Crippen molar-refractivity contribution in [1.82, 2.24) is 15.0 Å². The maximum atomic E-state index is 13.0. The van der Waals surface area contributed by atoms with Crippen LogP contribution in [0.3, 0.4) is 0 Å². The summed E-state index contributed by atoms with van der Waals surface area (Å²) >= 11 is 6.05. The highest BCUT2D eigenvalue weighted by molar-refractivity contribution is 6.30. The molecule has 0 aliphatic carbocycles. The summed E-state index contributed by atoms with van der Waals surface area (Å²) in [6.45, 7) is 0.587. The smallest absolute Gasteiger partial charge is 0.322 e. The van der Waals surface area contributed by atoms with Gasteiger partial charge < -0.3 is 24.2 Å². The number of benzene rings is 2. The van der Waals surface area contributed by atoms with E-state index in [9.17, 15) is 4.79 Å². The minimum absolute atomic E-state index is 0.261. The molecule has 156 valence electrons. The molecule has 0 bridgehead atoms. The number of likely N-dealkylation sites (tertiary alicyclic amines) is 1. The van der Waals surface area contributed by atoms with Gasteiger partial charge in [-0.1, -0.05) is 28.9 Å². The number of halogens is 1. The molecule has 1 aliphatic heterocycles. The second-order valence-electron chi connectivity index (χ2n) is 6.81.